The number of benzene rings is 2. The third-order valence-electron chi connectivity index (χ3n) is 5.19. The minimum absolute atomic E-state index is 0.151. The van der Waals surface area contributed by atoms with E-state index < -0.39 is 11.9 Å². The number of amides is 2. The van der Waals surface area contributed by atoms with Crippen LogP contribution in [-0.4, -0.2) is 55.0 Å². The SMILES string of the molecule is COc1ccc(NC(=O)CN2N=CN3NC(c4ccc(F)cc4)CC3C2=O)cc1OC. The Bertz CT molecular complexity index is 1010. The predicted molar refractivity (Wildman–Crippen MR) is 111 cm³/mol. The van der Waals surface area contributed by atoms with Gasteiger partial charge in [-0.3, -0.25) is 14.6 Å². The smallest absolute Gasteiger partial charge is 0.267 e. The second-order valence-corrected chi connectivity index (χ2v) is 7.14. The van der Waals surface area contributed by atoms with Crippen LogP contribution in [0.4, 0.5) is 10.1 Å². The monoisotopic (exact) mass is 427 g/mol. The molecular weight excluding hydrogens is 405 g/mol. The molecule has 0 radical (unpaired) electrons. The van der Waals surface area contributed by atoms with Crippen LogP contribution in [0.15, 0.2) is 47.6 Å². The third-order valence-corrected chi connectivity index (χ3v) is 5.19. The molecule has 0 saturated carbocycles. The molecule has 162 valence electrons. The van der Waals surface area contributed by atoms with Crippen LogP contribution in [0, 0.1) is 5.82 Å². The van der Waals surface area contributed by atoms with Crippen molar-refractivity contribution in [1.29, 1.82) is 0 Å². The molecule has 9 nitrogen and oxygen atoms in total. The highest BCUT2D eigenvalue weighted by atomic mass is 19.1. The van der Waals surface area contributed by atoms with E-state index in [2.05, 4.69) is 15.8 Å². The highest BCUT2D eigenvalue weighted by Gasteiger charge is 2.41. The van der Waals surface area contributed by atoms with Crippen LogP contribution < -0.4 is 20.2 Å². The van der Waals surface area contributed by atoms with Crippen molar-refractivity contribution in [3.05, 3.63) is 53.8 Å². The van der Waals surface area contributed by atoms with Gasteiger partial charge in [-0.05, 0) is 36.2 Å². The fourth-order valence-electron chi connectivity index (χ4n) is 3.61. The maximum Gasteiger partial charge on any atom is 0.267 e. The van der Waals surface area contributed by atoms with Gasteiger partial charge in [-0.15, -0.1) is 0 Å². The zero-order valence-electron chi connectivity index (χ0n) is 17.0. The van der Waals surface area contributed by atoms with Crippen LogP contribution >= 0.6 is 0 Å². The zero-order valence-corrected chi connectivity index (χ0v) is 17.0. The van der Waals surface area contributed by atoms with E-state index in [-0.39, 0.29) is 24.3 Å². The van der Waals surface area contributed by atoms with Gasteiger partial charge < -0.3 is 14.8 Å². The van der Waals surface area contributed by atoms with E-state index in [4.69, 9.17) is 9.47 Å². The second-order valence-electron chi connectivity index (χ2n) is 7.14. The molecule has 2 aliphatic rings. The molecule has 0 aromatic heterocycles. The Balaban J connectivity index is 1.38. The van der Waals surface area contributed by atoms with Crippen LogP contribution in [-0.2, 0) is 9.59 Å². The number of fused-ring (bicyclic) bond motifs is 1. The van der Waals surface area contributed by atoms with Gasteiger partial charge in [0.1, 0.15) is 24.7 Å². The number of hydrazone groups is 1. The average Bonchev–Trinajstić information content (AvgIpc) is 3.21. The summed E-state index contributed by atoms with van der Waals surface area (Å²) in [5.41, 5.74) is 4.56. The number of anilines is 1. The number of nitrogens with one attached hydrogen (secondary N) is 2. The number of ether oxygens (including phenoxy) is 2. The summed E-state index contributed by atoms with van der Waals surface area (Å²) >= 11 is 0. The molecule has 4 rings (SSSR count). The second kappa shape index (κ2) is 8.60. The summed E-state index contributed by atoms with van der Waals surface area (Å²) in [7, 11) is 3.03. The first kappa shape index (κ1) is 20.6. The Morgan fingerprint density at radius 2 is 1.94 bits per heavy atom. The number of nitrogens with zero attached hydrogens (tertiary/aromatic N) is 3. The van der Waals surface area contributed by atoms with Crippen molar-refractivity contribution in [3.63, 3.8) is 0 Å². The molecule has 2 aromatic rings. The van der Waals surface area contributed by atoms with E-state index in [1.807, 2.05) is 0 Å². The predicted octanol–water partition coefficient (Wildman–Crippen LogP) is 1.89. The maximum atomic E-state index is 13.2. The molecular formula is C21H22FN5O4. The van der Waals surface area contributed by atoms with Crippen molar-refractivity contribution in [2.24, 2.45) is 5.10 Å². The molecule has 2 heterocycles. The third kappa shape index (κ3) is 4.29. The minimum Gasteiger partial charge on any atom is -0.493 e. The first-order valence-corrected chi connectivity index (χ1v) is 9.66. The van der Waals surface area contributed by atoms with Gasteiger partial charge in [0, 0.05) is 11.8 Å². The molecule has 1 fully saturated rings. The molecule has 0 bridgehead atoms. The molecule has 10 heteroatoms. The van der Waals surface area contributed by atoms with E-state index in [9.17, 15) is 14.0 Å². The fraction of sp³-hybridized carbons (Fsp3) is 0.286. The van der Waals surface area contributed by atoms with Crippen LogP contribution in [0.2, 0.25) is 0 Å². The first-order valence-electron chi connectivity index (χ1n) is 9.66. The molecule has 2 aliphatic heterocycles. The molecule has 0 aliphatic carbocycles. The normalized spacial score (nSPS) is 19.9. The molecule has 2 unspecified atom stereocenters. The van der Waals surface area contributed by atoms with Crippen LogP contribution in [0.3, 0.4) is 0 Å². The van der Waals surface area contributed by atoms with Gasteiger partial charge in [0.2, 0.25) is 5.91 Å². The van der Waals surface area contributed by atoms with Gasteiger partial charge in [0.15, 0.2) is 11.5 Å². The van der Waals surface area contributed by atoms with E-state index in [1.54, 1.807) is 35.3 Å². The number of carbonyl (C=O) groups is 2. The van der Waals surface area contributed by atoms with Crippen molar-refractivity contribution >= 4 is 23.8 Å². The summed E-state index contributed by atoms with van der Waals surface area (Å²) in [6, 6.07) is 10.5. The lowest BCUT2D eigenvalue weighted by Gasteiger charge is -2.29. The van der Waals surface area contributed by atoms with Crippen LogP contribution in [0.1, 0.15) is 18.0 Å². The molecule has 2 atom stereocenters. The van der Waals surface area contributed by atoms with E-state index in [0.29, 0.717) is 23.6 Å². The summed E-state index contributed by atoms with van der Waals surface area (Å²) in [4.78, 5) is 25.3. The van der Waals surface area contributed by atoms with Crippen molar-refractivity contribution in [2.75, 3.05) is 26.1 Å². The standard InChI is InChI=1S/C21H22FN5O4/c1-30-18-8-7-15(9-19(18)31-2)24-20(28)11-26-21(29)17-10-16(25-27(17)12-23-26)13-3-5-14(22)6-4-13/h3-9,12,16-17,25H,10-11H2,1-2H3,(H,24,28). The number of hydrazine groups is 1. The molecule has 2 N–H and O–H groups in total. The minimum atomic E-state index is -0.499. The van der Waals surface area contributed by atoms with Gasteiger partial charge in [-0.25, -0.2) is 14.8 Å². The summed E-state index contributed by atoms with van der Waals surface area (Å²) in [5.74, 6) is 0.0192. The Kier molecular flexibility index (Phi) is 5.72. The van der Waals surface area contributed by atoms with E-state index in [0.717, 1.165) is 10.6 Å². The van der Waals surface area contributed by atoms with Crippen LogP contribution in [0.25, 0.3) is 0 Å². The van der Waals surface area contributed by atoms with E-state index >= 15 is 0 Å². The van der Waals surface area contributed by atoms with Crippen molar-refractivity contribution in [2.45, 2.75) is 18.5 Å². The summed E-state index contributed by atoms with van der Waals surface area (Å²) in [6.07, 6.45) is 1.96. The Morgan fingerprint density at radius 1 is 1.19 bits per heavy atom. The maximum absolute atomic E-state index is 13.2. The number of hydrogen-bond acceptors (Lipinski definition) is 7. The number of carbonyl (C=O) groups excluding carboxylic acids is 2. The number of rotatable bonds is 6. The van der Waals surface area contributed by atoms with Gasteiger partial charge in [-0.1, -0.05) is 12.1 Å². The quantitative estimate of drug-likeness (QED) is 0.731. The van der Waals surface area contributed by atoms with Gasteiger partial charge in [-0.2, -0.15) is 5.10 Å². The van der Waals surface area contributed by atoms with Crippen molar-refractivity contribution in [3.8, 4) is 11.5 Å². The largest absolute Gasteiger partial charge is 0.493 e. The molecule has 2 amide bonds. The number of methoxy groups -OCH3 is 2. The molecule has 0 spiro atoms. The van der Waals surface area contributed by atoms with Gasteiger partial charge >= 0.3 is 0 Å². The van der Waals surface area contributed by atoms with Gasteiger partial charge in [0.05, 0.1) is 20.3 Å². The van der Waals surface area contributed by atoms with Crippen molar-refractivity contribution in [1.82, 2.24) is 15.4 Å². The van der Waals surface area contributed by atoms with Crippen molar-refractivity contribution < 1.29 is 23.5 Å². The number of hydrogen-bond donors (Lipinski definition) is 2. The van der Waals surface area contributed by atoms with Crippen LogP contribution in [0.5, 0.6) is 11.5 Å². The summed E-state index contributed by atoms with van der Waals surface area (Å²) in [5, 5.41) is 9.59. The average molecular weight is 427 g/mol. The Morgan fingerprint density at radius 3 is 2.65 bits per heavy atom. The molecule has 31 heavy (non-hydrogen) atoms. The summed E-state index contributed by atoms with van der Waals surface area (Å²) < 4.78 is 23.6. The highest BCUT2D eigenvalue weighted by molar-refractivity contribution is 5.96. The fourth-order valence-corrected chi connectivity index (χ4v) is 3.61. The van der Waals surface area contributed by atoms with E-state index in [1.165, 1.54) is 32.7 Å². The lowest BCUT2D eigenvalue weighted by atomic mass is 10.0. The highest BCUT2D eigenvalue weighted by Crippen LogP contribution is 2.31. The molecule has 2 aromatic carbocycles. The lowest BCUT2D eigenvalue weighted by molar-refractivity contribution is -0.139. The summed E-state index contributed by atoms with van der Waals surface area (Å²) in [6.45, 7) is -0.227. The number of halogens is 1. The van der Waals surface area contributed by atoms with Gasteiger partial charge in [0.25, 0.3) is 5.91 Å². The Hall–Kier alpha value is -3.66. The zero-order chi connectivity index (χ0) is 22.0. The molecule has 1 saturated heterocycles. The Labute approximate surface area is 178 Å². The topological polar surface area (TPSA) is 95.5 Å². The lowest BCUT2D eigenvalue weighted by Crippen LogP contribution is -2.52. The first-order chi connectivity index (χ1) is 15.0.